The maximum absolute atomic E-state index is 12.0. The highest BCUT2D eigenvalue weighted by molar-refractivity contribution is 7.89. The van der Waals surface area contributed by atoms with Crippen LogP contribution in [0.4, 0.5) is 0 Å². The third-order valence-electron chi connectivity index (χ3n) is 3.10. The Kier molecular flexibility index (Phi) is 5.66. The summed E-state index contributed by atoms with van der Waals surface area (Å²) in [5, 5.41) is 14.4. The number of thiophene rings is 1. The Labute approximate surface area is 143 Å². The Balaban J connectivity index is 2.12. The van der Waals surface area contributed by atoms with Crippen molar-refractivity contribution in [1.29, 1.82) is 0 Å². The molecule has 1 heterocycles. The van der Waals surface area contributed by atoms with E-state index >= 15 is 0 Å². The summed E-state index contributed by atoms with van der Waals surface area (Å²) in [6, 6.07) is 5.75. The van der Waals surface area contributed by atoms with Crippen molar-refractivity contribution in [1.82, 2.24) is 4.72 Å². The highest BCUT2D eigenvalue weighted by atomic mass is 32.2. The molecule has 24 heavy (non-hydrogen) atoms. The molecule has 0 aliphatic heterocycles. The number of hydrogen-bond acceptors (Lipinski definition) is 6. The van der Waals surface area contributed by atoms with Gasteiger partial charge >= 0.3 is 0 Å². The minimum Gasteiger partial charge on any atom is -0.548 e. The Morgan fingerprint density at radius 3 is 2.42 bits per heavy atom. The largest absolute Gasteiger partial charge is 0.548 e. The van der Waals surface area contributed by atoms with E-state index in [1.807, 2.05) is 21.5 Å². The third kappa shape index (κ3) is 4.60. The molecule has 1 atom stereocenters. The zero-order valence-electron chi connectivity index (χ0n) is 12.6. The molecule has 0 saturated heterocycles. The fourth-order valence-electron chi connectivity index (χ4n) is 1.79. The molecule has 1 aromatic carbocycles. The van der Waals surface area contributed by atoms with Gasteiger partial charge in [-0.25, -0.2) is 13.1 Å². The van der Waals surface area contributed by atoms with Crippen molar-refractivity contribution in [2.75, 3.05) is 0 Å². The lowest BCUT2D eigenvalue weighted by atomic mass is 10.1. The molecular weight excluding hydrogens is 350 g/mol. The van der Waals surface area contributed by atoms with Gasteiger partial charge in [0.25, 0.3) is 0 Å². The molecule has 0 unspecified atom stereocenters. The summed E-state index contributed by atoms with van der Waals surface area (Å²) < 4.78 is 26.0. The number of ketones is 1. The van der Waals surface area contributed by atoms with Crippen molar-refractivity contribution >= 4 is 39.2 Å². The molecule has 0 amide bonds. The number of benzene rings is 1. The molecule has 1 aromatic heterocycles. The first-order valence-corrected chi connectivity index (χ1v) is 9.30. The summed E-state index contributed by atoms with van der Waals surface area (Å²) in [6.07, 6.45) is 3.08. The fraction of sp³-hybridized carbons (Fsp3) is 0.125. The maximum Gasteiger partial charge on any atom is 0.241 e. The fourth-order valence-corrected chi connectivity index (χ4v) is 3.61. The predicted molar refractivity (Wildman–Crippen MR) is 88.9 cm³/mol. The van der Waals surface area contributed by atoms with Gasteiger partial charge in [0.2, 0.25) is 10.0 Å². The smallest absolute Gasteiger partial charge is 0.241 e. The highest BCUT2D eigenvalue weighted by Gasteiger charge is 2.18. The van der Waals surface area contributed by atoms with E-state index in [4.69, 9.17) is 0 Å². The summed E-state index contributed by atoms with van der Waals surface area (Å²) in [4.78, 5) is 22.5. The van der Waals surface area contributed by atoms with Crippen LogP contribution in [0.15, 0.2) is 52.1 Å². The Bertz CT molecular complexity index is 852. The van der Waals surface area contributed by atoms with E-state index in [9.17, 15) is 23.1 Å². The normalized spacial score (nSPS) is 13.0. The van der Waals surface area contributed by atoms with E-state index in [0.717, 1.165) is 5.56 Å². The number of aliphatic carboxylic acids is 1. The topological polar surface area (TPSA) is 103 Å². The number of rotatable bonds is 7. The minimum atomic E-state index is -3.99. The van der Waals surface area contributed by atoms with Crippen LogP contribution in [0, 0.1) is 0 Å². The van der Waals surface area contributed by atoms with E-state index < -0.39 is 22.0 Å². The number of hydrogen-bond donors (Lipinski definition) is 1. The summed E-state index contributed by atoms with van der Waals surface area (Å²) >= 11 is 1.52. The molecular formula is C16H14NO5S2-. The van der Waals surface area contributed by atoms with Crippen LogP contribution in [0.3, 0.4) is 0 Å². The van der Waals surface area contributed by atoms with Crippen molar-refractivity contribution in [3.8, 4) is 0 Å². The second-order valence-electron chi connectivity index (χ2n) is 4.94. The number of carboxylic acid groups (broad SMARTS) is 1. The first-order chi connectivity index (χ1) is 11.3. The van der Waals surface area contributed by atoms with E-state index in [1.54, 1.807) is 6.08 Å². The molecule has 0 radical (unpaired) electrons. The quantitative estimate of drug-likeness (QED) is 0.584. The lowest BCUT2D eigenvalue weighted by Crippen LogP contribution is -2.45. The first kappa shape index (κ1) is 18.1. The monoisotopic (exact) mass is 364 g/mol. The SMILES string of the molecule is C[C@H](NS(=O)(=O)c1ccc(C(=O)/C=C/c2ccsc2)cc1)C(=O)[O-]. The lowest BCUT2D eigenvalue weighted by Gasteiger charge is -2.14. The molecule has 8 heteroatoms. The number of carbonyl (C=O) groups excluding carboxylic acids is 2. The zero-order chi connectivity index (χ0) is 17.7. The second-order valence-corrected chi connectivity index (χ2v) is 7.43. The standard InChI is InChI=1S/C16H15NO5S2/c1-11(16(19)20)17-24(21,22)14-5-3-13(4-6-14)15(18)7-2-12-8-9-23-10-12/h2-11,17H,1H3,(H,19,20)/p-1/b7-2+/t11-/m0/s1. The van der Waals surface area contributed by atoms with Gasteiger partial charge in [-0.3, -0.25) is 4.79 Å². The van der Waals surface area contributed by atoms with Crippen molar-refractivity contribution in [3.63, 3.8) is 0 Å². The first-order valence-electron chi connectivity index (χ1n) is 6.87. The van der Waals surface area contributed by atoms with E-state index in [-0.39, 0.29) is 10.7 Å². The average molecular weight is 364 g/mol. The van der Waals surface area contributed by atoms with E-state index in [2.05, 4.69) is 0 Å². The van der Waals surface area contributed by atoms with E-state index in [1.165, 1.54) is 48.6 Å². The van der Waals surface area contributed by atoms with Crippen LogP contribution in [0.25, 0.3) is 6.08 Å². The molecule has 0 saturated carbocycles. The molecule has 0 bridgehead atoms. The van der Waals surface area contributed by atoms with Crippen molar-refractivity contribution in [2.24, 2.45) is 0 Å². The van der Waals surface area contributed by atoms with Crippen LogP contribution < -0.4 is 9.83 Å². The summed E-state index contributed by atoms with van der Waals surface area (Å²) in [5.41, 5.74) is 1.24. The Morgan fingerprint density at radius 1 is 1.21 bits per heavy atom. The molecule has 0 spiro atoms. The summed E-state index contributed by atoms with van der Waals surface area (Å²) in [6.45, 7) is 1.17. The van der Waals surface area contributed by atoms with Gasteiger partial charge in [-0.1, -0.05) is 6.08 Å². The Hall–Kier alpha value is -2.29. The van der Waals surface area contributed by atoms with Crippen LogP contribution in [0.5, 0.6) is 0 Å². The summed E-state index contributed by atoms with van der Waals surface area (Å²) in [5.74, 6) is -1.79. The number of sulfonamides is 1. The number of carboxylic acids is 1. The van der Waals surface area contributed by atoms with E-state index in [0.29, 0.717) is 5.56 Å². The molecule has 0 aliphatic rings. The van der Waals surface area contributed by atoms with Gasteiger partial charge in [0.15, 0.2) is 5.78 Å². The lowest BCUT2D eigenvalue weighted by molar-refractivity contribution is -0.307. The zero-order valence-corrected chi connectivity index (χ0v) is 14.3. The average Bonchev–Trinajstić information content (AvgIpc) is 3.05. The second kappa shape index (κ2) is 7.52. The van der Waals surface area contributed by atoms with Gasteiger partial charge in [-0.15, -0.1) is 0 Å². The summed E-state index contributed by atoms with van der Waals surface area (Å²) in [7, 11) is -3.99. The predicted octanol–water partition coefficient (Wildman–Crippen LogP) is 1.06. The minimum absolute atomic E-state index is 0.131. The molecule has 126 valence electrons. The van der Waals surface area contributed by atoms with Gasteiger partial charge in [0, 0.05) is 5.56 Å². The molecule has 0 aliphatic carbocycles. The number of nitrogens with one attached hydrogen (secondary N) is 1. The molecule has 6 nitrogen and oxygen atoms in total. The number of carbonyl (C=O) groups is 2. The van der Waals surface area contributed by atoms with Crippen LogP contribution in [0.2, 0.25) is 0 Å². The van der Waals surface area contributed by atoms with Gasteiger partial charge in [-0.2, -0.15) is 11.3 Å². The van der Waals surface area contributed by atoms with Crippen molar-refractivity contribution < 1.29 is 23.1 Å². The van der Waals surface area contributed by atoms with Gasteiger partial charge in [-0.05, 0) is 59.7 Å². The van der Waals surface area contributed by atoms with Gasteiger partial charge < -0.3 is 9.90 Å². The van der Waals surface area contributed by atoms with Crippen LogP contribution in [-0.4, -0.2) is 26.2 Å². The van der Waals surface area contributed by atoms with Crippen molar-refractivity contribution in [2.45, 2.75) is 17.9 Å². The molecule has 0 fully saturated rings. The van der Waals surface area contributed by atoms with Crippen LogP contribution >= 0.6 is 11.3 Å². The maximum atomic E-state index is 12.0. The molecule has 1 N–H and O–H groups in total. The third-order valence-corrected chi connectivity index (χ3v) is 5.36. The van der Waals surface area contributed by atoms with Gasteiger partial charge in [0.05, 0.1) is 16.9 Å². The van der Waals surface area contributed by atoms with Crippen molar-refractivity contribution in [3.05, 3.63) is 58.3 Å². The van der Waals surface area contributed by atoms with Gasteiger partial charge in [0.1, 0.15) is 0 Å². The van der Waals surface area contributed by atoms with Crippen LogP contribution in [-0.2, 0) is 14.8 Å². The van der Waals surface area contributed by atoms with Crippen LogP contribution in [0.1, 0.15) is 22.8 Å². The highest BCUT2D eigenvalue weighted by Crippen LogP contribution is 2.13. The number of allylic oxidation sites excluding steroid dienone is 1. The molecule has 2 rings (SSSR count). The Morgan fingerprint density at radius 2 is 1.88 bits per heavy atom. The molecule has 2 aromatic rings.